The number of carboxylic acid groups (broad SMARTS) is 1. The van der Waals surface area contributed by atoms with Crippen molar-refractivity contribution in [3.8, 4) is 0 Å². The number of allylic oxidation sites excluding steroid dienone is 1. The molecular weight excluding hydrogens is 160 g/mol. The molecule has 0 aromatic heterocycles. The van der Waals surface area contributed by atoms with Crippen LogP contribution in [0.4, 0.5) is 0 Å². The standard InChI is InChI=1S/C8H12O4/c1-7(9)12-6-4-2-3-5-8(10)11/h2,4H,3,5-6H2,1H3,(H,10,11)/p-1/b4-2-. The summed E-state index contributed by atoms with van der Waals surface area (Å²) in [5.74, 6) is -1.42. The van der Waals surface area contributed by atoms with Crippen molar-refractivity contribution in [1.82, 2.24) is 0 Å². The molecule has 0 aliphatic carbocycles. The molecule has 12 heavy (non-hydrogen) atoms. The Morgan fingerprint density at radius 1 is 1.42 bits per heavy atom. The number of rotatable bonds is 5. The van der Waals surface area contributed by atoms with Crippen molar-refractivity contribution in [2.75, 3.05) is 6.61 Å². The van der Waals surface area contributed by atoms with Crippen LogP contribution in [0.5, 0.6) is 0 Å². The number of carbonyl (C=O) groups is 2. The van der Waals surface area contributed by atoms with Crippen LogP contribution in [0.3, 0.4) is 0 Å². The summed E-state index contributed by atoms with van der Waals surface area (Å²) in [6.45, 7) is 1.51. The van der Waals surface area contributed by atoms with Crippen LogP contribution in [0.25, 0.3) is 0 Å². The normalized spacial score (nSPS) is 10.1. The van der Waals surface area contributed by atoms with Gasteiger partial charge in [0.15, 0.2) is 0 Å². The number of carboxylic acids is 1. The Kier molecular flexibility index (Phi) is 5.69. The monoisotopic (exact) mass is 171 g/mol. The summed E-state index contributed by atoms with van der Waals surface area (Å²) in [5, 5.41) is 9.91. The van der Waals surface area contributed by atoms with Gasteiger partial charge in [0, 0.05) is 12.9 Å². The zero-order valence-corrected chi connectivity index (χ0v) is 6.91. The highest BCUT2D eigenvalue weighted by Gasteiger charge is 1.86. The van der Waals surface area contributed by atoms with E-state index in [1.54, 1.807) is 12.2 Å². The Labute approximate surface area is 70.8 Å². The topological polar surface area (TPSA) is 66.4 Å². The van der Waals surface area contributed by atoms with Crippen molar-refractivity contribution in [2.24, 2.45) is 0 Å². The Morgan fingerprint density at radius 2 is 2.08 bits per heavy atom. The molecule has 0 bridgehead atoms. The maximum Gasteiger partial charge on any atom is 0.302 e. The Balaban J connectivity index is 3.26. The molecule has 0 saturated carbocycles. The zero-order chi connectivity index (χ0) is 9.40. The second-order valence-corrected chi connectivity index (χ2v) is 2.18. The van der Waals surface area contributed by atoms with Gasteiger partial charge in [0.25, 0.3) is 0 Å². The van der Waals surface area contributed by atoms with Gasteiger partial charge in [-0.2, -0.15) is 0 Å². The first-order chi connectivity index (χ1) is 5.63. The molecule has 0 N–H and O–H groups in total. The lowest BCUT2D eigenvalue weighted by Crippen LogP contribution is -2.21. The van der Waals surface area contributed by atoms with Crippen LogP contribution in [-0.2, 0) is 14.3 Å². The van der Waals surface area contributed by atoms with Crippen LogP contribution in [-0.4, -0.2) is 18.5 Å². The first kappa shape index (κ1) is 10.7. The summed E-state index contributed by atoms with van der Waals surface area (Å²) in [4.78, 5) is 20.1. The molecule has 0 aliphatic rings. The average Bonchev–Trinajstić information content (AvgIpc) is 1.95. The molecule has 0 rings (SSSR count). The predicted octanol–water partition coefficient (Wildman–Crippen LogP) is -0.364. The molecule has 0 aliphatic heterocycles. The van der Waals surface area contributed by atoms with Crippen molar-refractivity contribution in [3.63, 3.8) is 0 Å². The molecule has 0 aromatic carbocycles. The van der Waals surface area contributed by atoms with Gasteiger partial charge in [-0.05, 0) is 12.8 Å². The number of aliphatic carboxylic acids is 1. The van der Waals surface area contributed by atoms with Crippen LogP contribution in [0.2, 0.25) is 0 Å². The van der Waals surface area contributed by atoms with Gasteiger partial charge in [0.2, 0.25) is 0 Å². The zero-order valence-electron chi connectivity index (χ0n) is 6.91. The highest BCUT2D eigenvalue weighted by atomic mass is 16.5. The summed E-state index contributed by atoms with van der Waals surface area (Å²) < 4.78 is 4.56. The molecule has 0 fully saturated rings. The summed E-state index contributed by atoms with van der Waals surface area (Å²) in [6, 6.07) is 0. The van der Waals surface area contributed by atoms with Crippen molar-refractivity contribution in [3.05, 3.63) is 12.2 Å². The quantitative estimate of drug-likeness (QED) is 0.418. The summed E-state index contributed by atoms with van der Waals surface area (Å²) in [5.41, 5.74) is 0. The molecule has 0 saturated heterocycles. The van der Waals surface area contributed by atoms with E-state index in [9.17, 15) is 14.7 Å². The number of ether oxygens (including phenoxy) is 1. The van der Waals surface area contributed by atoms with Gasteiger partial charge < -0.3 is 14.6 Å². The predicted molar refractivity (Wildman–Crippen MR) is 40.0 cm³/mol. The third-order valence-corrected chi connectivity index (χ3v) is 1.06. The lowest BCUT2D eigenvalue weighted by Gasteiger charge is -1.96. The first-order valence-electron chi connectivity index (χ1n) is 3.61. The van der Waals surface area contributed by atoms with Crippen LogP contribution in [0.1, 0.15) is 19.8 Å². The highest BCUT2D eigenvalue weighted by molar-refractivity contribution is 5.66. The minimum Gasteiger partial charge on any atom is -0.550 e. The molecule has 0 unspecified atom stereocenters. The Morgan fingerprint density at radius 3 is 2.58 bits per heavy atom. The van der Waals surface area contributed by atoms with Gasteiger partial charge in [0.1, 0.15) is 6.61 Å². The fourth-order valence-electron chi connectivity index (χ4n) is 0.553. The van der Waals surface area contributed by atoms with Crippen molar-refractivity contribution < 1.29 is 19.4 Å². The van der Waals surface area contributed by atoms with E-state index >= 15 is 0 Å². The van der Waals surface area contributed by atoms with Gasteiger partial charge in [-0.15, -0.1) is 0 Å². The molecule has 4 heteroatoms. The molecule has 0 atom stereocenters. The Bertz CT molecular complexity index is 163. The number of carbonyl (C=O) groups excluding carboxylic acids is 2. The fraction of sp³-hybridized carbons (Fsp3) is 0.500. The van der Waals surface area contributed by atoms with Crippen molar-refractivity contribution in [2.45, 2.75) is 19.8 Å². The molecule has 68 valence electrons. The fourth-order valence-corrected chi connectivity index (χ4v) is 0.553. The minimum atomic E-state index is -1.08. The summed E-state index contributed by atoms with van der Waals surface area (Å²) in [6.07, 6.45) is 3.64. The third kappa shape index (κ3) is 8.68. The summed E-state index contributed by atoms with van der Waals surface area (Å²) >= 11 is 0. The molecule has 4 nitrogen and oxygen atoms in total. The second-order valence-electron chi connectivity index (χ2n) is 2.18. The van der Waals surface area contributed by atoms with Crippen LogP contribution in [0, 0.1) is 0 Å². The third-order valence-electron chi connectivity index (χ3n) is 1.06. The molecule has 0 aromatic rings. The smallest absolute Gasteiger partial charge is 0.302 e. The van der Waals surface area contributed by atoms with Gasteiger partial charge in [-0.1, -0.05) is 12.2 Å². The van der Waals surface area contributed by atoms with Gasteiger partial charge in [-0.25, -0.2) is 0 Å². The number of esters is 1. The highest BCUT2D eigenvalue weighted by Crippen LogP contribution is 1.89. The van der Waals surface area contributed by atoms with Gasteiger partial charge in [-0.3, -0.25) is 4.79 Å². The number of hydrogen-bond acceptors (Lipinski definition) is 4. The minimum absolute atomic E-state index is 0.00340. The van der Waals surface area contributed by atoms with E-state index < -0.39 is 5.97 Å². The Hall–Kier alpha value is -1.32. The molecule has 0 heterocycles. The van der Waals surface area contributed by atoms with Crippen molar-refractivity contribution >= 4 is 11.9 Å². The molecule has 0 spiro atoms. The van der Waals surface area contributed by atoms with Crippen molar-refractivity contribution in [1.29, 1.82) is 0 Å². The van der Waals surface area contributed by atoms with Crippen LogP contribution in [0.15, 0.2) is 12.2 Å². The van der Waals surface area contributed by atoms with E-state index in [2.05, 4.69) is 4.74 Å². The average molecular weight is 171 g/mol. The maximum atomic E-state index is 10.2. The maximum absolute atomic E-state index is 10.2. The first-order valence-corrected chi connectivity index (χ1v) is 3.61. The lowest BCUT2D eigenvalue weighted by molar-refractivity contribution is -0.305. The van der Waals surface area contributed by atoms with E-state index in [0.29, 0.717) is 6.42 Å². The SMILES string of the molecule is CC(=O)OC/C=C\CCC(=O)[O-]. The summed E-state index contributed by atoms with van der Waals surface area (Å²) in [7, 11) is 0. The van der Waals surface area contributed by atoms with Gasteiger partial charge in [0.05, 0.1) is 0 Å². The molecular formula is C8H11O4-. The molecule has 0 radical (unpaired) electrons. The van der Waals surface area contributed by atoms with Crippen LogP contribution >= 0.6 is 0 Å². The number of hydrogen-bond donors (Lipinski definition) is 0. The van der Waals surface area contributed by atoms with E-state index in [4.69, 9.17) is 0 Å². The van der Waals surface area contributed by atoms with Gasteiger partial charge >= 0.3 is 5.97 Å². The second kappa shape index (κ2) is 6.39. The molecule has 0 amide bonds. The van der Waals surface area contributed by atoms with E-state index in [1.807, 2.05) is 0 Å². The lowest BCUT2D eigenvalue weighted by atomic mass is 10.3. The van der Waals surface area contributed by atoms with Crippen LogP contribution < -0.4 is 5.11 Å². The largest absolute Gasteiger partial charge is 0.550 e. The van der Waals surface area contributed by atoms with E-state index in [1.165, 1.54) is 6.92 Å². The van der Waals surface area contributed by atoms with E-state index in [0.717, 1.165) is 0 Å². The van der Waals surface area contributed by atoms with E-state index in [-0.39, 0.29) is 19.0 Å².